The Balaban J connectivity index is 1.51. The molecule has 1 saturated heterocycles. The number of morpholine rings is 1. The van der Waals surface area contributed by atoms with Crippen LogP contribution in [0.4, 0.5) is 5.82 Å². The number of nitrogens with zero attached hydrogens (tertiary/aromatic N) is 3. The highest BCUT2D eigenvalue weighted by Gasteiger charge is 2.17. The van der Waals surface area contributed by atoms with Gasteiger partial charge in [0, 0.05) is 42.5 Å². The van der Waals surface area contributed by atoms with Gasteiger partial charge in [0.25, 0.3) is 0 Å². The molecule has 0 spiro atoms. The largest absolute Gasteiger partial charge is 0.375 e. The van der Waals surface area contributed by atoms with Gasteiger partial charge in [-0.05, 0) is 37.6 Å². The molecule has 1 fully saturated rings. The van der Waals surface area contributed by atoms with E-state index >= 15 is 0 Å². The molecule has 7 heteroatoms. The molecule has 2 heterocycles. The number of anilines is 1. The molecule has 3 rings (SSSR count). The minimum Gasteiger partial charge on any atom is -0.375 e. The number of benzene rings is 1. The van der Waals surface area contributed by atoms with Crippen molar-refractivity contribution in [2.75, 3.05) is 37.7 Å². The van der Waals surface area contributed by atoms with E-state index in [9.17, 15) is 0 Å². The summed E-state index contributed by atoms with van der Waals surface area (Å²) in [6, 6.07) is 14.7. The van der Waals surface area contributed by atoms with Crippen molar-refractivity contribution in [3.63, 3.8) is 0 Å². The average Bonchev–Trinajstić information content (AvgIpc) is 2.77. The van der Waals surface area contributed by atoms with E-state index < -0.39 is 0 Å². The molecular formula is C23H33N5OS. The number of ether oxygens (including phenoxy) is 1. The highest BCUT2D eigenvalue weighted by molar-refractivity contribution is 8.00. The van der Waals surface area contributed by atoms with Crippen LogP contribution in [0.25, 0.3) is 0 Å². The first-order chi connectivity index (χ1) is 14.6. The number of aliphatic imine (C=N–C) groups is 1. The Morgan fingerprint density at radius 1 is 1.27 bits per heavy atom. The first kappa shape index (κ1) is 22.4. The summed E-state index contributed by atoms with van der Waals surface area (Å²) in [5.41, 5.74) is 1.10. The third-order valence-corrected chi connectivity index (χ3v) is 5.89. The molecule has 0 aliphatic carbocycles. The second kappa shape index (κ2) is 11.8. The van der Waals surface area contributed by atoms with Gasteiger partial charge in [0.2, 0.25) is 0 Å². The molecule has 1 aromatic carbocycles. The van der Waals surface area contributed by atoms with Gasteiger partial charge in [-0.3, -0.25) is 0 Å². The lowest BCUT2D eigenvalue weighted by Gasteiger charge is -2.32. The van der Waals surface area contributed by atoms with Crippen molar-refractivity contribution in [3.8, 4) is 0 Å². The molecule has 2 N–H and O–H groups in total. The van der Waals surface area contributed by atoms with Crippen molar-refractivity contribution in [1.82, 2.24) is 15.6 Å². The molecule has 30 heavy (non-hydrogen) atoms. The normalized spacial score (nSPS) is 18.2. The highest BCUT2D eigenvalue weighted by Crippen LogP contribution is 2.22. The number of rotatable bonds is 8. The number of hydrogen-bond acceptors (Lipinski definition) is 5. The van der Waals surface area contributed by atoms with Gasteiger partial charge < -0.3 is 20.3 Å². The van der Waals surface area contributed by atoms with Crippen molar-refractivity contribution >= 4 is 23.5 Å². The fraction of sp³-hybridized carbons (Fsp3) is 0.478. The van der Waals surface area contributed by atoms with Gasteiger partial charge in [0.05, 0.1) is 19.3 Å². The number of nitrogens with one attached hydrogen (secondary N) is 2. The van der Waals surface area contributed by atoms with Gasteiger partial charge in [-0.2, -0.15) is 0 Å². The standard InChI is InChI=1S/C23H33N5OS/c1-4-24-23(26-14-19(3)30-21-8-6-5-7-9-21)27-16-20-10-11-22(25-15-20)28-12-13-29-18(2)17-28/h5-11,15,18-19H,4,12-14,16-17H2,1-3H3,(H2,24,26,27). The maximum Gasteiger partial charge on any atom is 0.191 e. The molecule has 2 unspecified atom stereocenters. The summed E-state index contributed by atoms with van der Waals surface area (Å²) in [4.78, 5) is 12.9. The number of hydrogen-bond donors (Lipinski definition) is 2. The van der Waals surface area contributed by atoms with Crippen molar-refractivity contribution in [1.29, 1.82) is 0 Å². The SMILES string of the molecule is CCNC(=NCc1ccc(N2CCOC(C)C2)nc1)NCC(C)Sc1ccccc1. The van der Waals surface area contributed by atoms with Crippen LogP contribution < -0.4 is 15.5 Å². The van der Waals surface area contributed by atoms with Gasteiger partial charge in [-0.1, -0.05) is 31.2 Å². The van der Waals surface area contributed by atoms with E-state index in [4.69, 9.17) is 9.73 Å². The summed E-state index contributed by atoms with van der Waals surface area (Å²) in [6.45, 7) is 11.2. The zero-order valence-corrected chi connectivity index (χ0v) is 19.0. The Bertz CT molecular complexity index is 784. The predicted octanol–water partition coefficient (Wildman–Crippen LogP) is 3.54. The maximum absolute atomic E-state index is 5.61. The van der Waals surface area contributed by atoms with E-state index in [-0.39, 0.29) is 6.10 Å². The van der Waals surface area contributed by atoms with Gasteiger partial charge in [0.15, 0.2) is 5.96 Å². The molecule has 1 aliphatic heterocycles. The predicted molar refractivity (Wildman–Crippen MR) is 126 cm³/mol. The van der Waals surface area contributed by atoms with Crippen LogP contribution in [0.2, 0.25) is 0 Å². The molecule has 2 aromatic rings. The molecule has 0 bridgehead atoms. The highest BCUT2D eigenvalue weighted by atomic mass is 32.2. The van der Waals surface area contributed by atoms with Crippen molar-refractivity contribution < 1.29 is 4.74 Å². The first-order valence-electron chi connectivity index (χ1n) is 10.7. The summed E-state index contributed by atoms with van der Waals surface area (Å²) in [5.74, 6) is 1.85. The van der Waals surface area contributed by atoms with Crippen LogP contribution in [0, 0.1) is 0 Å². The molecule has 162 valence electrons. The van der Waals surface area contributed by atoms with Gasteiger partial charge in [0.1, 0.15) is 5.82 Å². The van der Waals surface area contributed by atoms with Crippen molar-refractivity contribution in [2.24, 2.45) is 4.99 Å². The summed E-state index contributed by atoms with van der Waals surface area (Å²) in [6.07, 6.45) is 2.18. The summed E-state index contributed by atoms with van der Waals surface area (Å²) in [5, 5.41) is 7.22. The second-order valence-corrected chi connectivity index (χ2v) is 8.98. The molecule has 1 aromatic heterocycles. The topological polar surface area (TPSA) is 61.8 Å². The smallest absolute Gasteiger partial charge is 0.191 e. The Kier molecular flexibility index (Phi) is 8.83. The maximum atomic E-state index is 5.61. The lowest BCUT2D eigenvalue weighted by atomic mass is 10.2. The minimum atomic E-state index is 0.251. The van der Waals surface area contributed by atoms with Crippen LogP contribution >= 0.6 is 11.8 Å². The van der Waals surface area contributed by atoms with E-state index in [1.807, 2.05) is 24.0 Å². The first-order valence-corrected chi connectivity index (χ1v) is 11.6. The third kappa shape index (κ3) is 7.22. The number of aromatic nitrogens is 1. The zero-order chi connectivity index (χ0) is 21.2. The quantitative estimate of drug-likeness (QED) is 0.382. The van der Waals surface area contributed by atoms with Crippen molar-refractivity contribution in [3.05, 3.63) is 54.2 Å². The van der Waals surface area contributed by atoms with Crippen LogP contribution in [-0.2, 0) is 11.3 Å². The zero-order valence-electron chi connectivity index (χ0n) is 18.2. The monoisotopic (exact) mass is 427 g/mol. The number of pyridine rings is 1. The van der Waals surface area contributed by atoms with E-state index in [1.54, 1.807) is 0 Å². The average molecular weight is 428 g/mol. The third-order valence-electron chi connectivity index (χ3n) is 4.78. The Morgan fingerprint density at radius 2 is 2.10 bits per heavy atom. The van der Waals surface area contributed by atoms with Crippen LogP contribution in [-0.4, -0.2) is 55.1 Å². The lowest BCUT2D eigenvalue weighted by Crippen LogP contribution is -2.41. The van der Waals surface area contributed by atoms with Gasteiger partial charge in [-0.25, -0.2) is 9.98 Å². The van der Waals surface area contributed by atoms with Gasteiger partial charge >= 0.3 is 0 Å². The minimum absolute atomic E-state index is 0.251. The molecule has 2 atom stereocenters. The lowest BCUT2D eigenvalue weighted by molar-refractivity contribution is 0.0529. The fourth-order valence-electron chi connectivity index (χ4n) is 3.25. The van der Waals surface area contributed by atoms with Crippen LogP contribution in [0.15, 0.2) is 58.5 Å². The molecule has 0 amide bonds. The van der Waals surface area contributed by atoms with E-state index in [0.29, 0.717) is 11.8 Å². The summed E-state index contributed by atoms with van der Waals surface area (Å²) in [7, 11) is 0. The molecular weight excluding hydrogens is 394 g/mol. The summed E-state index contributed by atoms with van der Waals surface area (Å²) < 4.78 is 5.61. The summed E-state index contributed by atoms with van der Waals surface area (Å²) >= 11 is 1.86. The second-order valence-electron chi connectivity index (χ2n) is 7.47. The fourth-order valence-corrected chi connectivity index (χ4v) is 4.19. The molecule has 1 aliphatic rings. The molecule has 0 saturated carbocycles. The van der Waals surface area contributed by atoms with Crippen molar-refractivity contribution in [2.45, 2.75) is 43.6 Å². The Labute approximate surface area is 184 Å². The van der Waals surface area contributed by atoms with E-state index in [1.165, 1.54) is 4.90 Å². The molecule has 6 nitrogen and oxygen atoms in total. The van der Waals surface area contributed by atoms with Crippen LogP contribution in [0.3, 0.4) is 0 Å². The van der Waals surface area contributed by atoms with Gasteiger partial charge in [-0.15, -0.1) is 11.8 Å². The number of thioether (sulfide) groups is 1. The van der Waals surface area contributed by atoms with Crippen LogP contribution in [0.5, 0.6) is 0 Å². The van der Waals surface area contributed by atoms with Crippen LogP contribution in [0.1, 0.15) is 26.3 Å². The molecule has 0 radical (unpaired) electrons. The Morgan fingerprint density at radius 3 is 2.80 bits per heavy atom. The Hall–Kier alpha value is -2.25. The number of guanidine groups is 1. The van der Waals surface area contributed by atoms with E-state index in [2.05, 4.69) is 77.7 Å². The van der Waals surface area contributed by atoms with E-state index in [0.717, 1.165) is 50.1 Å².